The summed E-state index contributed by atoms with van der Waals surface area (Å²) in [5.74, 6) is 0. The zero-order chi connectivity index (χ0) is 19.5. The summed E-state index contributed by atoms with van der Waals surface area (Å²) >= 11 is 0. The predicted molar refractivity (Wildman–Crippen MR) is 103 cm³/mol. The van der Waals surface area contributed by atoms with Crippen LogP contribution in [0.3, 0.4) is 0 Å². The van der Waals surface area contributed by atoms with E-state index in [1.54, 1.807) is 35.5 Å². The van der Waals surface area contributed by atoms with E-state index in [0.29, 0.717) is 28.9 Å². The molecule has 4 rings (SSSR count). The number of hydrogen-bond acceptors (Lipinski definition) is 6. The smallest absolute Gasteiger partial charge is 0.169 e. The molecular weight excluding hydrogens is 350 g/mol. The number of pyridine rings is 1. The minimum atomic E-state index is -0.919. The first-order valence-electron chi connectivity index (χ1n) is 8.68. The molecule has 1 N–H and O–H groups in total. The van der Waals surface area contributed by atoms with Crippen LogP contribution in [0.4, 0.5) is 0 Å². The van der Waals surface area contributed by atoms with Gasteiger partial charge in [0.1, 0.15) is 17.5 Å². The van der Waals surface area contributed by atoms with Crippen molar-refractivity contribution in [3.63, 3.8) is 0 Å². The van der Waals surface area contributed by atoms with Crippen LogP contribution in [0.2, 0.25) is 0 Å². The number of nitrogens with zero attached hydrogens (tertiary/aromatic N) is 5. The number of hydrazone groups is 1. The summed E-state index contributed by atoms with van der Waals surface area (Å²) in [6, 6.07) is 22.4. The van der Waals surface area contributed by atoms with Crippen LogP contribution in [0.1, 0.15) is 39.7 Å². The first-order valence-corrected chi connectivity index (χ1v) is 8.68. The Kier molecular flexibility index (Phi) is 4.55. The Bertz CT molecular complexity index is 1140. The molecule has 6 heteroatoms. The van der Waals surface area contributed by atoms with E-state index in [9.17, 15) is 10.4 Å². The van der Waals surface area contributed by atoms with Gasteiger partial charge in [-0.1, -0.05) is 36.4 Å². The summed E-state index contributed by atoms with van der Waals surface area (Å²) in [7, 11) is 0. The van der Waals surface area contributed by atoms with Crippen molar-refractivity contribution in [3.05, 3.63) is 100 Å². The third-order valence-electron chi connectivity index (χ3n) is 4.60. The third kappa shape index (κ3) is 3.09. The molecular formula is C22H15N5O. The molecule has 0 fully saturated rings. The number of aliphatic hydroxyl groups is 1. The Labute approximate surface area is 162 Å². The van der Waals surface area contributed by atoms with E-state index >= 15 is 0 Å². The normalized spacial score (nSPS) is 15.2. The van der Waals surface area contributed by atoms with Crippen molar-refractivity contribution in [2.75, 3.05) is 0 Å². The van der Waals surface area contributed by atoms with Gasteiger partial charge in [-0.15, -0.1) is 0 Å². The second-order valence-corrected chi connectivity index (χ2v) is 6.33. The zero-order valence-electron chi connectivity index (χ0n) is 14.8. The summed E-state index contributed by atoms with van der Waals surface area (Å²) in [5.41, 5.74) is 4.47. The standard InChI is InChI=1S/C22H15N5O/c23-12-15-7-9-16(10-8-15)14-27-22(28)18-5-2-1-4-17(18)21(26-27)19-6-3-11-25-20(19)13-24/h1-11,22,28H,14H2. The van der Waals surface area contributed by atoms with E-state index < -0.39 is 6.23 Å². The van der Waals surface area contributed by atoms with Crippen LogP contribution in [-0.2, 0) is 6.54 Å². The maximum absolute atomic E-state index is 10.9. The summed E-state index contributed by atoms with van der Waals surface area (Å²) in [6.45, 7) is 0.354. The van der Waals surface area contributed by atoms with Gasteiger partial charge in [-0.2, -0.15) is 15.6 Å². The molecule has 0 amide bonds. The van der Waals surface area contributed by atoms with E-state index in [2.05, 4.69) is 22.2 Å². The molecule has 0 aliphatic carbocycles. The Morgan fingerprint density at radius 1 is 0.929 bits per heavy atom. The van der Waals surface area contributed by atoms with Crippen LogP contribution in [0.5, 0.6) is 0 Å². The van der Waals surface area contributed by atoms with Crippen LogP contribution >= 0.6 is 0 Å². The number of rotatable bonds is 3. The average Bonchev–Trinajstić information content (AvgIpc) is 2.76. The lowest BCUT2D eigenvalue weighted by molar-refractivity contribution is -0.00562. The van der Waals surface area contributed by atoms with Crippen molar-refractivity contribution in [1.82, 2.24) is 9.99 Å². The molecule has 1 unspecified atom stereocenters. The Hall–Kier alpha value is -4.00. The van der Waals surface area contributed by atoms with E-state index in [1.807, 2.05) is 36.4 Å². The van der Waals surface area contributed by atoms with E-state index in [1.165, 1.54) is 0 Å². The number of hydrogen-bond donors (Lipinski definition) is 1. The molecule has 0 spiro atoms. The van der Waals surface area contributed by atoms with Crippen molar-refractivity contribution in [3.8, 4) is 12.1 Å². The third-order valence-corrected chi connectivity index (χ3v) is 4.60. The van der Waals surface area contributed by atoms with Gasteiger partial charge in [0.25, 0.3) is 0 Å². The van der Waals surface area contributed by atoms with Gasteiger partial charge in [0.05, 0.1) is 18.2 Å². The monoisotopic (exact) mass is 365 g/mol. The fraction of sp³-hybridized carbons (Fsp3) is 0.0909. The summed E-state index contributed by atoms with van der Waals surface area (Å²) in [6.07, 6.45) is 0.651. The van der Waals surface area contributed by atoms with Crippen molar-refractivity contribution >= 4 is 5.71 Å². The highest BCUT2D eigenvalue weighted by molar-refractivity contribution is 6.15. The second-order valence-electron chi connectivity index (χ2n) is 6.33. The second kappa shape index (κ2) is 7.32. The maximum Gasteiger partial charge on any atom is 0.169 e. The summed E-state index contributed by atoms with van der Waals surface area (Å²) in [5, 5.41) is 35.5. The lowest BCUT2D eigenvalue weighted by Gasteiger charge is -2.32. The molecule has 28 heavy (non-hydrogen) atoms. The highest BCUT2D eigenvalue weighted by atomic mass is 16.3. The number of aliphatic hydroxyl groups excluding tert-OH is 1. The molecule has 1 aliphatic rings. The molecule has 3 aromatic rings. The number of fused-ring (bicyclic) bond motifs is 1. The largest absolute Gasteiger partial charge is 0.368 e. The highest BCUT2D eigenvalue weighted by Crippen LogP contribution is 2.31. The molecule has 1 atom stereocenters. The molecule has 0 radical (unpaired) electrons. The zero-order valence-corrected chi connectivity index (χ0v) is 14.8. The summed E-state index contributed by atoms with van der Waals surface area (Å²) < 4.78 is 0. The molecule has 0 saturated carbocycles. The van der Waals surface area contributed by atoms with Crippen LogP contribution in [0.25, 0.3) is 0 Å². The van der Waals surface area contributed by atoms with Gasteiger partial charge < -0.3 is 5.11 Å². The topological polar surface area (TPSA) is 96.3 Å². The van der Waals surface area contributed by atoms with Gasteiger partial charge in [0.2, 0.25) is 0 Å². The fourth-order valence-electron chi connectivity index (χ4n) is 3.21. The first-order chi connectivity index (χ1) is 13.7. The average molecular weight is 365 g/mol. The fourth-order valence-corrected chi connectivity index (χ4v) is 3.21. The SMILES string of the molecule is N#Cc1ccc(CN2N=C(c3cccnc3C#N)c3ccccc3C2O)cc1. The van der Waals surface area contributed by atoms with Crippen LogP contribution in [-0.4, -0.2) is 20.8 Å². The number of benzene rings is 2. The molecule has 0 bridgehead atoms. The van der Waals surface area contributed by atoms with Crippen molar-refractivity contribution in [2.45, 2.75) is 12.8 Å². The Balaban J connectivity index is 1.79. The molecule has 134 valence electrons. The van der Waals surface area contributed by atoms with E-state index in [0.717, 1.165) is 11.1 Å². The number of nitriles is 2. The van der Waals surface area contributed by atoms with Crippen molar-refractivity contribution < 1.29 is 5.11 Å². The van der Waals surface area contributed by atoms with Gasteiger partial charge in [0.15, 0.2) is 6.23 Å². The van der Waals surface area contributed by atoms with Crippen LogP contribution in [0.15, 0.2) is 72.0 Å². The predicted octanol–water partition coefficient (Wildman–Crippen LogP) is 3.08. The minimum Gasteiger partial charge on any atom is -0.368 e. The lowest BCUT2D eigenvalue weighted by atomic mass is 9.94. The number of aromatic nitrogens is 1. The minimum absolute atomic E-state index is 0.283. The highest BCUT2D eigenvalue weighted by Gasteiger charge is 2.28. The van der Waals surface area contributed by atoms with Gasteiger partial charge >= 0.3 is 0 Å². The van der Waals surface area contributed by atoms with Crippen molar-refractivity contribution in [2.24, 2.45) is 5.10 Å². The maximum atomic E-state index is 10.9. The van der Waals surface area contributed by atoms with Crippen LogP contribution < -0.4 is 0 Å². The Morgan fingerprint density at radius 2 is 1.68 bits per heavy atom. The van der Waals surface area contributed by atoms with Gasteiger partial charge in [-0.05, 0) is 29.8 Å². The van der Waals surface area contributed by atoms with Gasteiger partial charge in [-0.25, -0.2) is 4.98 Å². The Morgan fingerprint density at radius 3 is 2.43 bits per heavy atom. The van der Waals surface area contributed by atoms with E-state index in [4.69, 9.17) is 5.26 Å². The molecule has 0 saturated heterocycles. The van der Waals surface area contributed by atoms with Crippen molar-refractivity contribution in [1.29, 1.82) is 10.5 Å². The van der Waals surface area contributed by atoms with Crippen LogP contribution in [0, 0.1) is 22.7 Å². The molecule has 2 aromatic carbocycles. The van der Waals surface area contributed by atoms with E-state index in [-0.39, 0.29) is 5.69 Å². The molecule has 1 aliphatic heterocycles. The molecule has 1 aromatic heterocycles. The quantitative estimate of drug-likeness (QED) is 0.769. The molecule has 6 nitrogen and oxygen atoms in total. The first kappa shape index (κ1) is 17.4. The lowest BCUT2D eigenvalue weighted by Crippen LogP contribution is -2.31. The summed E-state index contributed by atoms with van der Waals surface area (Å²) in [4.78, 5) is 4.14. The van der Waals surface area contributed by atoms with Gasteiger partial charge in [-0.3, -0.25) is 5.01 Å². The molecule has 2 heterocycles. The van der Waals surface area contributed by atoms with Gasteiger partial charge in [0, 0.05) is 22.9 Å².